The Kier molecular flexibility index (Phi) is 13.0. The Morgan fingerprint density at radius 2 is 1.14 bits per heavy atom. The van der Waals surface area contributed by atoms with Gasteiger partial charge in [0.05, 0.1) is 12.2 Å². The molecule has 0 bridgehead atoms. The van der Waals surface area contributed by atoms with Crippen LogP contribution < -0.4 is 0 Å². The lowest BCUT2D eigenvalue weighted by atomic mass is 10.0. The minimum absolute atomic E-state index is 0.159. The van der Waals surface area contributed by atoms with E-state index < -0.39 is 11.6 Å². The summed E-state index contributed by atoms with van der Waals surface area (Å²) >= 11 is 4.24. The molecule has 8 heteroatoms. The first-order valence-corrected chi connectivity index (χ1v) is 16.6. The fourth-order valence-corrected chi connectivity index (χ4v) is 3.72. The van der Waals surface area contributed by atoms with Crippen molar-refractivity contribution >= 4 is 37.2 Å². The van der Waals surface area contributed by atoms with Gasteiger partial charge in [-0.15, -0.1) is 0 Å². The van der Waals surface area contributed by atoms with Crippen molar-refractivity contribution in [3.05, 3.63) is 0 Å². The summed E-state index contributed by atoms with van der Waals surface area (Å²) in [6.07, 6.45) is 2.86. The van der Waals surface area contributed by atoms with E-state index >= 15 is 0 Å². The summed E-state index contributed by atoms with van der Waals surface area (Å²) in [5, 5.41) is 0. The number of hydrogen-bond acceptors (Lipinski definition) is 6. The molecular weight excluding hydrogens is 602 g/mol. The molecule has 3 unspecified atom stereocenters. The van der Waals surface area contributed by atoms with Crippen LogP contribution in [0.3, 0.4) is 0 Å². The van der Waals surface area contributed by atoms with E-state index in [1.807, 2.05) is 55.4 Å². The molecule has 2 saturated heterocycles. The highest BCUT2D eigenvalue weighted by Gasteiger charge is 2.39. The number of halogens is 2. The number of ether oxygens (including phenoxy) is 2. The predicted octanol–water partition coefficient (Wildman–Crippen LogP) is 7.31. The Balaban J connectivity index is 0.000000508. The Morgan fingerprint density at radius 1 is 0.724 bits per heavy atom. The molecule has 2 aliphatic heterocycles. The Labute approximate surface area is 201 Å². The first-order valence-electron chi connectivity index (χ1n) is 10.3. The lowest BCUT2D eigenvalue weighted by Gasteiger charge is -2.30. The molecule has 2 heterocycles. The monoisotopic (exact) mass is 644 g/mol. The highest BCUT2D eigenvalue weighted by molar-refractivity contribution is 15.0. The minimum atomic E-state index is -0.632. The molecule has 0 N–H and O–H groups in total. The van der Waals surface area contributed by atoms with Crippen LogP contribution in [-0.2, 0) is 29.0 Å². The molecule has 0 aromatic carbocycles. The van der Waals surface area contributed by atoms with Crippen molar-refractivity contribution in [3.8, 4) is 0 Å². The fourth-order valence-electron chi connectivity index (χ4n) is 3.72. The normalized spacial score (nSPS) is 33.3. The summed E-state index contributed by atoms with van der Waals surface area (Å²) in [5.74, 6) is -0.721. The zero-order chi connectivity index (χ0) is 23.1. The first-order chi connectivity index (χ1) is 13.0. The van der Waals surface area contributed by atoms with E-state index in [1.165, 1.54) is 0 Å². The first kappa shape index (κ1) is 30.2. The summed E-state index contributed by atoms with van der Waals surface area (Å²) < 4.78 is 11.5. The highest BCUT2D eigenvalue weighted by atomic mass is 128. The van der Waals surface area contributed by atoms with Gasteiger partial charge in [-0.3, -0.25) is 0 Å². The molecule has 2 rings (SSSR count). The smallest absolute Gasteiger partial charge is 0.199 e. The van der Waals surface area contributed by atoms with E-state index in [0.717, 1.165) is 19.3 Å². The third kappa shape index (κ3) is 13.4. The average Bonchev–Trinajstić information content (AvgIpc) is 2.67. The molecule has 0 aromatic rings. The average molecular weight is 644 g/mol. The van der Waals surface area contributed by atoms with Gasteiger partial charge in [0.15, 0.2) is 11.6 Å². The van der Waals surface area contributed by atoms with E-state index in [9.17, 15) is 0 Å². The zero-order valence-electron chi connectivity index (χ0n) is 20.1. The molecule has 6 nitrogen and oxygen atoms in total. The molecule has 3 atom stereocenters. The summed E-state index contributed by atoms with van der Waals surface area (Å²) in [6.45, 7) is 22.1. The van der Waals surface area contributed by atoms with Crippen LogP contribution in [0.25, 0.3) is 0 Å². The summed E-state index contributed by atoms with van der Waals surface area (Å²) in [6, 6.07) is 0. The van der Waals surface area contributed by atoms with Gasteiger partial charge in [0.1, 0.15) is 11.2 Å². The highest BCUT2D eigenvalue weighted by Crippen LogP contribution is 2.33. The lowest BCUT2D eigenvalue weighted by molar-refractivity contribution is -0.444. The Morgan fingerprint density at radius 3 is 1.59 bits per heavy atom. The largest absolute Gasteiger partial charge is 0.345 e. The molecule has 0 radical (unpaired) electrons. The van der Waals surface area contributed by atoms with E-state index in [2.05, 4.69) is 58.0 Å². The maximum atomic E-state index is 5.90. The van der Waals surface area contributed by atoms with Gasteiger partial charge in [0.2, 0.25) is 0 Å². The molecule has 2 fully saturated rings. The van der Waals surface area contributed by atoms with E-state index in [4.69, 9.17) is 29.0 Å². The van der Waals surface area contributed by atoms with Crippen molar-refractivity contribution in [1.82, 2.24) is 0 Å². The molecular formula is C21H42I2O6. The van der Waals surface area contributed by atoms with Crippen molar-refractivity contribution in [2.75, 3.05) is 0 Å². The minimum Gasteiger partial charge on any atom is -0.345 e. The van der Waals surface area contributed by atoms with Crippen LogP contribution in [-0.4, -0.2) is 35.0 Å². The SMILES string of the molecule is CC(C)CC1(C)OOC(C)(C)CC(C)O1.CC1CC(C)(C)OOC(C)(C)O1.II. The van der Waals surface area contributed by atoms with Gasteiger partial charge in [0, 0.05) is 56.5 Å². The molecule has 2 aliphatic rings. The Bertz CT molecular complexity index is 452. The van der Waals surface area contributed by atoms with Crippen LogP contribution >= 0.6 is 37.2 Å². The second kappa shape index (κ2) is 12.5. The fraction of sp³-hybridized carbons (Fsp3) is 1.00. The lowest BCUT2D eigenvalue weighted by Crippen LogP contribution is -2.35. The molecule has 0 aromatic heterocycles. The molecule has 0 spiro atoms. The van der Waals surface area contributed by atoms with Crippen LogP contribution in [0.4, 0.5) is 0 Å². The second-order valence-electron chi connectivity index (χ2n) is 10.2. The summed E-state index contributed by atoms with van der Waals surface area (Å²) in [5.41, 5.74) is -0.526. The van der Waals surface area contributed by atoms with Gasteiger partial charge in [-0.25, -0.2) is 19.6 Å². The van der Waals surface area contributed by atoms with Crippen LogP contribution in [0.15, 0.2) is 0 Å². The van der Waals surface area contributed by atoms with Crippen molar-refractivity contribution in [2.45, 2.75) is 130 Å². The predicted molar refractivity (Wildman–Crippen MR) is 133 cm³/mol. The van der Waals surface area contributed by atoms with Gasteiger partial charge < -0.3 is 9.47 Å². The molecule has 176 valence electrons. The molecule has 0 aliphatic carbocycles. The number of hydrogen-bond donors (Lipinski definition) is 0. The van der Waals surface area contributed by atoms with Crippen molar-refractivity contribution in [1.29, 1.82) is 0 Å². The van der Waals surface area contributed by atoms with Crippen LogP contribution in [0.5, 0.6) is 0 Å². The van der Waals surface area contributed by atoms with Crippen molar-refractivity contribution < 1.29 is 29.0 Å². The maximum Gasteiger partial charge on any atom is 0.199 e. The standard InChI is InChI=1S/C12H24O3.C9H18O3.I2/c1-9(2)7-12(6)13-10(3)8-11(4,5)14-15-12;1-7-6-8(2,3)11-12-9(4,5)10-7;1-2/h9-10H,7-8H2,1-6H3;7H,6H2,1-5H3;. The van der Waals surface area contributed by atoms with Gasteiger partial charge in [-0.1, -0.05) is 13.8 Å². The third-order valence-electron chi connectivity index (χ3n) is 4.18. The maximum absolute atomic E-state index is 5.90. The van der Waals surface area contributed by atoms with Gasteiger partial charge in [-0.2, -0.15) is 0 Å². The molecule has 0 saturated carbocycles. The van der Waals surface area contributed by atoms with Crippen LogP contribution in [0.1, 0.15) is 95.4 Å². The van der Waals surface area contributed by atoms with E-state index in [1.54, 1.807) is 0 Å². The van der Waals surface area contributed by atoms with E-state index in [0.29, 0.717) is 5.92 Å². The van der Waals surface area contributed by atoms with Gasteiger partial charge in [-0.05, 0) is 68.2 Å². The molecule has 0 amide bonds. The summed E-state index contributed by atoms with van der Waals surface area (Å²) in [4.78, 5) is 21.3. The van der Waals surface area contributed by atoms with Crippen LogP contribution in [0, 0.1) is 5.92 Å². The van der Waals surface area contributed by atoms with Crippen molar-refractivity contribution in [3.63, 3.8) is 0 Å². The Hall–Kier alpha value is 1.22. The topological polar surface area (TPSA) is 55.4 Å². The van der Waals surface area contributed by atoms with Gasteiger partial charge >= 0.3 is 0 Å². The van der Waals surface area contributed by atoms with E-state index in [-0.39, 0.29) is 23.4 Å². The number of rotatable bonds is 2. The third-order valence-corrected chi connectivity index (χ3v) is 4.18. The zero-order valence-corrected chi connectivity index (χ0v) is 24.4. The van der Waals surface area contributed by atoms with Crippen molar-refractivity contribution in [2.24, 2.45) is 5.92 Å². The summed E-state index contributed by atoms with van der Waals surface area (Å²) in [7, 11) is 0. The second-order valence-corrected chi connectivity index (χ2v) is 10.2. The molecule has 29 heavy (non-hydrogen) atoms. The van der Waals surface area contributed by atoms with Gasteiger partial charge in [0.25, 0.3) is 0 Å². The quantitative estimate of drug-likeness (QED) is 0.232. The van der Waals surface area contributed by atoms with Crippen LogP contribution in [0.2, 0.25) is 0 Å².